The standard InChI is InChI=1S/C24H31ClN2O2/c1-4-18-11-13-19(14-12-18)15-16-23(28)27(22(5-2)24(29)26-6-3)17-20-9-7-8-10-21(20)25/h7-14,22H,4-6,15-17H2,1-3H3,(H,26,29)/t22-/m1/s1. The number of rotatable bonds is 10. The van der Waals surface area contributed by atoms with Crippen LogP contribution in [0.5, 0.6) is 0 Å². The summed E-state index contributed by atoms with van der Waals surface area (Å²) < 4.78 is 0. The van der Waals surface area contributed by atoms with Crippen molar-refractivity contribution in [3.8, 4) is 0 Å². The molecule has 2 aromatic carbocycles. The summed E-state index contributed by atoms with van der Waals surface area (Å²) in [5.41, 5.74) is 3.25. The molecule has 2 aromatic rings. The molecule has 0 aliphatic rings. The third kappa shape index (κ3) is 6.60. The molecule has 0 aliphatic heterocycles. The summed E-state index contributed by atoms with van der Waals surface area (Å²) in [6.45, 7) is 6.79. The Morgan fingerprint density at radius 2 is 1.66 bits per heavy atom. The zero-order chi connectivity index (χ0) is 21.2. The van der Waals surface area contributed by atoms with Crippen molar-refractivity contribution >= 4 is 23.4 Å². The van der Waals surface area contributed by atoms with Gasteiger partial charge in [0.05, 0.1) is 0 Å². The van der Waals surface area contributed by atoms with Crippen LogP contribution in [0, 0.1) is 0 Å². The van der Waals surface area contributed by atoms with Gasteiger partial charge in [0.25, 0.3) is 0 Å². The highest BCUT2D eigenvalue weighted by atomic mass is 35.5. The Labute approximate surface area is 179 Å². The molecule has 0 heterocycles. The molecule has 2 rings (SSSR count). The molecular formula is C24H31ClN2O2. The molecule has 0 saturated carbocycles. The lowest BCUT2D eigenvalue weighted by molar-refractivity contribution is -0.141. The predicted octanol–water partition coefficient (Wildman–Crippen LogP) is 4.78. The van der Waals surface area contributed by atoms with Crippen molar-refractivity contribution in [2.75, 3.05) is 6.54 Å². The predicted molar refractivity (Wildman–Crippen MR) is 119 cm³/mol. The molecule has 1 atom stereocenters. The Kier molecular flexibility index (Phi) is 9.20. The monoisotopic (exact) mass is 414 g/mol. The normalized spacial score (nSPS) is 11.7. The zero-order valence-electron chi connectivity index (χ0n) is 17.6. The lowest BCUT2D eigenvalue weighted by atomic mass is 10.0. The van der Waals surface area contributed by atoms with Gasteiger partial charge in [-0.25, -0.2) is 0 Å². The summed E-state index contributed by atoms with van der Waals surface area (Å²) in [6.07, 6.45) is 2.54. The quantitative estimate of drug-likeness (QED) is 0.608. The maximum Gasteiger partial charge on any atom is 0.242 e. The van der Waals surface area contributed by atoms with E-state index in [2.05, 4.69) is 36.5 Å². The van der Waals surface area contributed by atoms with Gasteiger partial charge < -0.3 is 10.2 Å². The number of halogens is 1. The maximum absolute atomic E-state index is 13.2. The van der Waals surface area contributed by atoms with Gasteiger partial charge in [0.15, 0.2) is 0 Å². The SMILES string of the molecule is CCNC(=O)[C@@H](CC)N(Cc1ccccc1Cl)C(=O)CCc1ccc(CC)cc1. The number of carbonyl (C=O) groups is 2. The fourth-order valence-corrected chi connectivity index (χ4v) is 3.55. The van der Waals surface area contributed by atoms with Crippen LogP contribution in [0.3, 0.4) is 0 Å². The maximum atomic E-state index is 13.2. The fraction of sp³-hybridized carbons (Fsp3) is 0.417. The summed E-state index contributed by atoms with van der Waals surface area (Å²) in [5.74, 6) is -0.162. The summed E-state index contributed by atoms with van der Waals surface area (Å²) >= 11 is 6.32. The molecule has 29 heavy (non-hydrogen) atoms. The van der Waals surface area contributed by atoms with Crippen molar-refractivity contribution in [1.29, 1.82) is 0 Å². The van der Waals surface area contributed by atoms with Gasteiger partial charge in [-0.15, -0.1) is 0 Å². The van der Waals surface area contributed by atoms with E-state index in [0.717, 1.165) is 17.5 Å². The third-order valence-electron chi connectivity index (χ3n) is 5.09. The van der Waals surface area contributed by atoms with Crippen LogP contribution in [0.4, 0.5) is 0 Å². The van der Waals surface area contributed by atoms with Crippen LogP contribution in [0.25, 0.3) is 0 Å². The first kappa shape index (κ1) is 23.0. The van der Waals surface area contributed by atoms with Gasteiger partial charge in [0.2, 0.25) is 11.8 Å². The highest BCUT2D eigenvalue weighted by Crippen LogP contribution is 2.21. The van der Waals surface area contributed by atoms with Gasteiger partial charge in [-0.3, -0.25) is 9.59 Å². The average molecular weight is 415 g/mol. The van der Waals surface area contributed by atoms with E-state index in [-0.39, 0.29) is 11.8 Å². The number of hydrogen-bond donors (Lipinski definition) is 1. The number of carbonyl (C=O) groups excluding carboxylic acids is 2. The van der Waals surface area contributed by atoms with E-state index in [1.165, 1.54) is 5.56 Å². The second kappa shape index (κ2) is 11.6. The Morgan fingerprint density at radius 3 is 2.24 bits per heavy atom. The van der Waals surface area contributed by atoms with Gasteiger partial charge in [0, 0.05) is 24.5 Å². The smallest absolute Gasteiger partial charge is 0.242 e. The molecule has 156 valence electrons. The molecule has 1 N–H and O–H groups in total. The minimum absolute atomic E-state index is 0.0393. The molecule has 0 unspecified atom stereocenters. The minimum atomic E-state index is -0.513. The molecule has 0 spiro atoms. The van der Waals surface area contributed by atoms with E-state index in [9.17, 15) is 9.59 Å². The number of benzene rings is 2. The Morgan fingerprint density at radius 1 is 1.00 bits per heavy atom. The van der Waals surface area contributed by atoms with E-state index < -0.39 is 6.04 Å². The number of hydrogen-bond acceptors (Lipinski definition) is 2. The van der Waals surface area contributed by atoms with Gasteiger partial charge in [0.1, 0.15) is 6.04 Å². The first-order valence-electron chi connectivity index (χ1n) is 10.4. The first-order chi connectivity index (χ1) is 14.0. The summed E-state index contributed by atoms with van der Waals surface area (Å²) in [5, 5.41) is 3.46. The molecule has 5 heteroatoms. The van der Waals surface area contributed by atoms with E-state index >= 15 is 0 Å². The second-order valence-electron chi connectivity index (χ2n) is 7.10. The van der Waals surface area contributed by atoms with Crippen LogP contribution < -0.4 is 5.32 Å². The van der Waals surface area contributed by atoms with E-state index in [4.69, 9.17) is 11.6 Å². The van der Waals surface area contributed by atoms with Crippen LogP contribution in [0.2, 0.25) is 5.02 Å². The zero-order valence-corrected chi connectivity index (χ0v) is 18.3. The fourth-order valence-electron chi connectivity index (χ4n) is 3.36. The molecule has 0 radical (unpaired) electrons. The van der Waals surface area contributed by atoms with Crippen molar-refractivity contribution in [2.45, 2.75) is 59.0 Å². The molecule has 0 fully saturated rings. The number of nitrogens with zero attached hydrogens (tertiary/aromatic N) is 1. The van der Waals surface area contributed by atoms with Crippen LogP contribution >= 0.6 is 11.6 Å². The highest BCUT2D eigenvalue weighted by molar-refractivity contribution is 6.31. The number of likely N-dealkylation sites (N-methyl/N-ethyl adjacent to an activating group) is 1. The summed E-state index contributed by atoms with van der Waals surface area (Å²) in [4.78, 5) is 27.4. The van der Waals surface area contributed by atoms with Crippen LogP contribution in [-0.4, -0.2) is 29.3 Å². The lowest BCUT2D eigenvalue weighted by Gasteiger charge is -2.31. The molecule has 2 amide bonds. The number of aryl methyl sites for hydroxylation is 2. The second-order valence-corrected chi connectivity index (χ2v) is 7.51. The number of nitrogens with one attached hydrogen (secondary N) is 1. The average Bonchev–Trinajstić information content (AvgIpc) is 2.73. The van der Waals surface area contributed by atoms with Crippen molar-refractivity contribution in [1.82, 2.24) is 10.2 Å². The Bertz CT molecular complexity index is 805. The van der Waals surface area contributed by atoms with E-state index in [0.29, 0.717) is 37.4 Å². The topological polar surface area (TPSA) is 49.4 Å². The molecule has 0 saturated heterocycles. The third-order valence-corrected chi connectivity index (χ3v) is 5.46. The molecule has 0 aromatic heterocycles. The van der Waals surface area contributed by atoms with Crippen LogP contribution in [0.15, 0.2) is 48.5 Å². The van der Waals surface area contributed by atoms with E-state index in [1.807, 2.05) is 38.1 Å². The summed E-state index contributed by atoms with van der Waals surface area (Å²) in [7, 11) is 0. The van der Waals surface area contributed by atoms with E-state index in [1.54, 1.807) is 4.90 Å². The molecule has 0 aliphatic carbocycles. The van der Waals surface area contributed by atoms with Crippen LogP contribution in [-0.2, 0) is 29.0 Å². The van der Waals surface area contributed by atoms with Gasteiger partial charge >= 0.3 is 0 Å². The van der Waals surface area contributed by atoms with Crippen molar-refractivity contribution in [2.24, 2.45) is 0 Å². The Hall–Kier alpha value is -2.33. The van der Waals surface area contributed by atoms with Crippen molar-refractivity contribution in [3.63, 3.8) is 0 Å². The van der Waals surface area contributed by atoms with Gasteiger partial charge in [-0.05, 0) is 48.9 Å². The first-order valence-corrected chi connectivity index (χ1v) is 10.8. The summed E-state index contributed by atoms with van der Waals surface area (Å²) in [6, 6.07) is 15.3. The molecule has 0 bridgehead atoms. The number of amides is 2. The van der Waals surface area contributed by atoms with Crippen molar-refractivity contribution < 1.29 is 9.59 Å². The molecule has 4 nitrogen and oxygen atoms in total. The minimum Gasteiger partial charge on any atom is -0.355 e. The van der Waals surface area contributed by atoms with Crippen molar-refractivity contribution in [3.05, 3.63) is 70.2 Å². The lowest BCUT2D eigenvalue weighted by Crippen LogP contribution is -2.49. The molecular weight excluding hydrogens is 384 g/mol. The van der Waals surface area contributed by atoms with Crippen LogP contribution in [0.1, 0.15) is 50.3 Å². The largest absolute Gasteiger partial charge is 0.355 e. The van der Waals surface area contributed by atoms with Gasteiger partial charge in [-0.2, -0.15) is 0 Å². The van der Waals surface area contributed by atoms with Gasteiger partial charge in [-0.1, -0.05) is 67.9 Å². The Balaban J connectivity index is 2.18. The highest BCUT2D eigenvalue weighted by Gasteiger charge is 2.28.